The van der Waals surface area contributed by atoms with Gasteiger partial charge >= 0.3 is 12.1 Å². The average Bonchev–Trinajstić information content (AvgIpc) is 2.83. The lowest BCUT2D eigenvalue weighted by Gasteiger charge is -2.23. The minimum atomic E-state index is -4.70. The molecule has 1 aliphatic heterocycles. The van der Waals surface area contributed by atoms with Gasteiger partial charge in [-0.05, 0) is 26.0 Å². The highest BCUT2D eigenvalue weighted by Gasteiger charge is 2.45. The van der Waals surface area contributed by atoms with E-state index in [-0.39, 0.29) is 17.5 Å². The summed E-state index contributed by atoms with van der Waals surface area (Å²) in [6.45, 7) is 4.55. The van der Waals surface area contributed by atoms with Crippen molar-refractivity contribution in [3.05, 3.63) is 24.0 Å². The van der Waals surface area contributed by atoms with Crippen molar-refractivity contribution >= 4 is 17.4 Å². The van der Waals surface area contributed by atoms with E-state index >= 15 is 0 Å². The molecule has 24 heavy (non-hydrogen) atoms. The first-order valence-electron chi connectivity index (χ1n) is 7.15. The molecule has 1 aromatic carbocycles. The topological polar surface area (TPSA) is 51.1 Å². The zero-order chi connectivity index (χ0) is 18.1. The van der Waals surface area contributed by atoms with E-state index in [2.05, 4.69) is 5.10 Å². The molecule has 9 heteroatoms. The number of hydrogen-bond donors (Lipinski definition) is 0. The molecule has 1 aliphatic rings. The number of hydrazone groups is 1. The Kier molecular flexibility index (Phi) is 5.00. The van der Waals surface area contributed by atoms with Crippen LogP contribution in [0, 0.1) is 5.82 Å². The third-order valence-corrected chi connectivity index (χ3v) is 3.03. The van der Waals surface area contributed by atoms with Crippen LogP contribution in [0.3, 0.4) is 0 Å². The SMILES string of the molecule is CC(=O)OC1CC(C(F)(F)F)=NN1c1cc(OC(C)C)ccc1F. The first-order valence-corrected chi connectivity index (χ1v) is 7.15. The third-order valence-electron chi connectivity index (χ3n) is 3.03. The number of benzene rings is 1. The van der Waals surface area contributed by atoms with Crippen LogP contribution in [0.4, 0.5) is 23.2 Å². The second-order valence-electron chi connectivity index (χ2n) is 5.44. The highest BCUT2D eigenvalue weighted by molar-refractivity contribution is 5.93. The molecule has 0 radical (unpaired) electrons. The number of ether oxygens (including phenoxy) is 2. The largest absolute Gasteiger partial charge is 0.491 e. The molecule has 1 unspecified atom stereocenters. The molecule has 2 rings (SSSR count). The number of carbonyl (C=O) groups excluding carboxylic acids is 1. The van der Waals surface area contributed by atoms with E-state index in [9.17, 15) is 22.4 Å². The van der Waals surface area contributed by atoms with Gasteiger partial charge in [0.1, 0.15) is 23.0 Å². The van der Waals surface area contributed by atoms with Gasteiger partial charge in [-0.1, -0.05) is 0 Å². The first-order chi connectivity index (χ1) is 11.1. The maximum absolute atomic E-state index is 14.1. The van der Waals surface area contributed by atoms with E-state index in [1.54, 1.807) is 13.8 Å². The van der Waals surface area contributed by atoms with Gasteiger partial charge in [0.15, 0.2) is 0 Å². The van der Waals surface area contributed by atoms with Crippen molar-refractivity contribution < 1.29 is 31.8 Å². The smallest absolute Gasteiger partial charge is 0.431 e. The standard InChI is InChI=1S/C15H16F4N2O3/c1-8(2)23-10-4-5-11(16)12(6-10)21-14(24-9(3)22)7-13(20-21)15(17,18)19/h4-6,8,14H,7H2,1-3H3. The fourth-order valence-corrected chi connectivity index (χ4v) is 2.17. The molecule has 132 valence electrons. The summed E-state index contributed by atoms with van der Waals surface area (Å²) in [6, 6.07) is 3.62. The van der Waals surface area contributed by atoms with E-state index in [1.165, 1.54) is 12.1 Å². The fourth-order valence-electron chi connectivity index (χ4n) is 2.17. The lowest BCUT2D eigenvalue weighted by atomic mass is 10.2. The maximum atomic E-state index is 14.1. The van der Waals surface area contributed by atoms with Crippen LogP contribution in [0.5, 0.6) is 5.75 Å². The summed E-state index contributed by atoms with van der Waals surface area (Å²) < 4.78 is 63.0. The van der Waals surface area contributed by atoms with Crippen LogP contribution < -0.4 is 9.75 Å². The zero-order valence-corrected chi connectivity index (χ0v) is 13.2. The van der Waals surface area contributed by atoms with E-state index in [0.29, 0.717) is 5.01 Å². The average molecular weight is 348 g/mol. The molecule has 5 nitrogen and oxygen atoms in total. The molecule has 0 amide bonds. The molecule has 0 fully saturated rings. The Labute approximate surface area is 135 Å². The number of rotatable bonds is 4. The lowest BCUT2D eigenvalue weighted by Crippen LogP contribution is -2.32. The van der Waals surface area contributed by atoms with Gasteiger partial charge in [-0.3, -0.25) is 4.79 Å². The summed E-state index contributed by atoms with van der Waals surface area (Å²) in [5.41, 5.74) is -1.41. The lowest BCUT2D eigenvalue weighted by molar-refractivity contribution is -0.145. The van der Waals surface area contributed by atoms with Crippen LogP contribution in [0.25, 0.3) is 0 Å². The molecular formula is C15H16F4N2O3. The number of halogens is 4. The monoisotopic (exact) mass is 348 g/mol. The van der Waals surface area contributed by atoms with Crippen molar-refractivity contribution in [3.8, 4) is 5.75 Å². The summed E-state index contributed by atoms with van der Waals surface area (Å²) in [4.78, 5) is 11.1. The van der Waals surface area contributed by atoms with Crippen molar-refractivity contribution in [1.29, 1.82) is 0 Å². The third kappa shape index (κ3) is 4.15. The van der Waals surface area contributed by atoms with Crippen molar-refractivity contribution in [2.24, 2.45) is 5.10 Å². The Bertz CT molecular complexity index is 659. The van der Waals surface area contributed by atoms with Gasteiger partial charge < -0.3 is 9.47 Å². The number of alkyl halides is 3. The predicted octanol–water partition coefficient (Wildman–Crippen LogP) is 3.63. The predicted molar refractivity (Wildman–Crippen MR) is 78.3 cm³/mol. The fraction of sp³-hybridized carbons (Fsp3) is 0.467. The van der Waals surface area contributed by atoms with E-state index in [1.807, 2.05) is 0 Å². The highest BCUT2D eigenvalue weighted by Crippen LogP contribution is 2.35. The number of esters is 1. The molecule has 0 N–H and O–H groups in total. The molecule has 0 aliphatic carbocycles. The molecule has 0 aromatic heterocycles. The summed E-state index contributed by atoms with van der Waals surface area (Å²) in [5.74, 6) is -1.34. The quantitative estimate of drug-likeness (QED) is 0.616. The van der Waals surface area contributed by atoms with E-state index in [4.69, 9.17) is 9.47 Å². The number of carbonyl (C=O) groups is 1. The number of hydrogen-bond acceptors (Lipinski definition) is 5. The van der Waals surface area contributed by atoms with E-state index in [0.717, 1.165) is 13.0 Å². The Balaban J connectivity index is 2.41. The minimum absolute atomic E-state index is 0.208. The zero-order valence-electron chi connectivity index (χ0n) is 13.2. The van der Waals surface area contributed by atoms with Gasteiger partial charge in [0.05, 0.1) is 12.5 Å². The Morgan fingerprint density at radius 3 is 2.58 bits per heavy atom. The number of anilines is 1. The van der Waals surface area contributed by atoms with Crippen LogP contribution in [0.15, 0.2) is 23.3 Å². The second-order valence-corrected chi connectivity index (χ2v) is 5.44. The molecule has 1 atom stereocenters. The summed E-state index contributed by atoms with van der Waals surface area (Å²) >= 11 is 0. The molecule has 0 bridgehead atoms. The Morgan fingerprint density at radius 1 is 1.38 bits per heavy atom. The highest BCUT2D eigenvalue weighted by atomic mass is 19.4. The van der Waals surface area contributed by atoms with Crippen LogP contribution in [0.2, 0.25) is 0 Å². The van der Waals surface area contributed by atoms with Crippen molar-refractivity contribution in [2.75, 3.05) is 5.01 Å². The normalized spacial score (nSPS) is 17.9. The Hall–Kier alpha value is -2.32. The van der Waals surface area contributed by atoms with Gasteiger partial charge in [-0.25, -0.2) is 9.40 Å². The molecular weight excluding hydrogens is 332 g/mol. The summed E-state index contributed by atoms with van der Waals surface area (Å²) in [6.07, 6.45) is -6.96. The van der Waals surface area contributed by atoms with Gasteiger partial charge in [-0.2, -0.15) is 18.3 Å². The van der Waals surface area contributed by atoms with Crippen LogP contribution in [-0.4, -0.2) is 30.2 Å². The second kappa shape index (κ2) is 6.66. The first kappa shape index (κ1) is 18.0. The molecule has 0 saturated carbocycles. The molecule has 1 heterocycles. The van der Waals surface area contributed by atoms with Crippen LogP contribution in [0.1, 0.15) is 27.2 Å². The molecule has 0 spiro atoms. The van der Waals surface area contributed by atoms with Gasteiger partial charge in [0, 0.05) is 13.0 Å². The Morgan fingerprint density at radius 2 is 2.04 bits per heavy atom. The number of nitrogens with zero attached hydrogens (tertiary/aromatic N) is 2. The molecule has 1 aromatic rings. The summed E-state index contributed by atoms with van der Waals surface area (Å²) in [7, 11) is 0. The van der Waals surface area contributed by atoms with E-state index < -0.39 is 36.3 Å². The van der Waals surface area contributed by atoms with Crippen LogP contribution >= 0.6 is 0 Å². The van der Waals surface area contributed by atoms with Crippen molar-refractivity contribution in [3.63, 3.8) is 0 Å². The van der Waals surface area contributed by atoms with Gasteiger partial charge in [0.2, 0.25) is 6.23 Å². The minimum Gasteiger partial charge on any atom is -0.491 e. The van der Waals surface area contributed by atoms with Crippen LogP contribution in [-0.2, 0) is 9.53 Å². The van der Waals surface area contributed by atoms with Crippen molar-refractivity contribution in [1.82, 2.24) is 0 Å². The van der Waals surface area contributed by atoms with Crippen molar-refractivity contribution in [2.45, 2.75) is 45.7 Å². The van der Waals surface area contributed by atoms with Gasteiger partial charge in [-0.15, -0.1) is 0 Å². The molecule has 0 saturated heterocycles. The van der Waals surface area contributed by atoms with Gasteiger partial charge in [0.25, 0.3) is 0 Å². The maximum Gasteiger partial charge on any atom is 0.431 e. The summed E-state index contributed by atoms with van der Waals surface area (Å²) in [5, 5.41) is 4.11.